The van der Waals surface area contributed by atoms with Gasteiger partial charge in [0.25, 0.3) is 0 Å². The largest absolute Gasteiger partial charge is 0.452 e. The molecule has 7 nitrogen and oxygen atoms in total. The highest BCUT2D eigenvalue weighted by atomic mass is 19.1. The van der Waals surface area contributed by atoms with Crippen LogP contribution >= 0.6 is 0 Å². The molecule has 5 rings (SSSR count). The summed E-state index contributed by atoms with van der Waals surface area (Å²) < 4.78 is 24.5. The monoisotopic (exact) mass is 459 g/mol. The molecule has 4 aliphatic rings. The average Bonchev–Trinajstić information content (AvgIpc) is 3.39. The Morgan fingerprint density at radius 2 is 1.94 bits per heavy atom. The van der Waals surface area contributed by atoms with E-state index in [1.165, 1.54) is 19.6 Å². The van der Waals surface area contributed by atoms with E-state index in [-0.39, 0.29) is 29.5 Å². The summed E-state index contributed by atoms with van der Waals surface area (Å²) in [5.41, 5.74) is 1.47. The average molecular weight is 460 g/mol. The third-order valence-corrected chi connectivity index (χ3v) is 8.46. The maximum atomic E-state index is 14.2. The van der Waals surface area contributed by atoms with Crippen LogP contribution in [0.5, 0.6) is 0 Å². The van der Waals surface area contributed by atoms with Gasteiger partial charge in [0.05, 0.1) is 19.4 Å². The van der Waals surface area contributed by atoms with Crippen molar-refractivity contribution < 1.29 is 23.5 Å². The van der Waals surface area contributed by atoms with Gasteiger partial charge in [-0.1, -0.05) is 0 Å². The van der Waals surface area contributed by atoms with Crippen LogP contribution in [0.25, 0.3) is 0 Å². The summed E-state index contributed by atoms with van der Waals surface area (Å²) in [6.07, 6.45) is 5.54. The van der Waals surface area contributed by atoms with Gasteiger partial charge in [-0.2, -0.15) is 0 Å². The number of methoxy groups -OCH3 is 1. The van der Waals surface area contributed by atoms with Crippen molar-refractivity contribution in [3.05, 3.63) is 29.6 Å². The molecule has 33 heavy (non-hydrogen) atoms. The second-order valence-electron chi connectivity index (χ2n) is 10.0. The Balaban J connectivity index is 1.29. The molecule has 1 saturated carbocycles. The number of rotatable bonds is 2. The molecule has 3 aliphatic heterocycles. The van der Waals surface area contributed by atoms with Gasteiger partial charge >= 0.3 is 12.2 Å². The molecule has 3 heterocycles. The molecule has 1 spiro atoms. The summed E-state index contributed by atoms with van der Waals surface area (Å²) in [6, 6.07) is 5.45. The number of piperidine rings is 2. The Kier molecular flexibility index (Phi) is 5.97. The van der Waals surface area contributed by atoms with Crippen LogP contribution in [0.1, 0.15) is 51.0 Å². The SMILES string of the molecule is CCOC(=O)N1CCCC2CC(N3CCC4(CC3)CN(C(=O)OC)c3ccc(F)cc34)CC21. The number of carbonyl (C=O) groups excluding carboxylic acids is 2. The quantitative estimate of drug-likeness (QED) is 0.665. The number of amides is 2. The van der Waals surface area contributed by atoms with E-state index in [1.54, 1.807) is 17.0 Å². The van der Waals surface area contributed by atoms with Gasteiger partial charge in [-0.05, 0) is 88.2 Å². The van der Waals surface area contributed by atoms with E-state index in [1.807, 2.05) is 11.8 Å². The number of hydrogen-bond acceptors (Lipinski definition) is 5. The molecule has 3 atom stereocenters. The number of hydrogen-bond donors (Lipinski definition) is 0. The van der Waals surface area contributed by atoms with E-state index in [0.29, 0.717) is 25.1 Å². The highest BCUT2D eigenvalue weighted by molar-refractivity contribution is 5.91. The van der Waals surface area contributed by atoms with Crippen LogP contribution in [0, 0.1) is 11.7 Å². The predicted molar refractivity (Wildman–Crippen MR) is 122 cm³/mol. The van der Waals surface area contributed by atoms with Gasteiger partial charge in [0.1, 0.15) is 5.82 Å². The zero-order valence-corrected chi connectivity index (χ0v) is 19.6. The number of anilines is 1. The van der Waals surface area contributed by atoms with Gasteiger partial charge in [0.15, 0.2) is 0 Å². The zero-order valence-electron chi connectivity index (χ0n) is 19.6. The van der Waals surface area contributed by atoms with E-state index in [4.69, 9.17) is 9.47 Å². The molecule has 1 aliphatic carbocycles. The lowest BCUT2D eigenvalue weighted by atomic mass is 9.74. The molecule has 0 N–H and O–H groups in total. The second kappa shape index (κ2) is 8.78. The van der Waals surface area contributed by atoms with Crippen LogP contribution in [0.3, 0.4) is 0 Å². The normalized spacial score (nSPS) is 28.5. The third kappa shape index (κ3) is 3.86. The Morgan fingerprint density at radius 1 is 1.15 bits per heavy atom. The first kappa shape index (κ1) is 22.4. The van der Waals surface area contributed by atoms with E-state index in [2.05, 4.69) is 4.90 Å². The van der Waals surface area contributed by atoms with Crippen molar-refractivity contribution in [3.8, 4) is 0 Å². The summed E-state index contributed by atoms with van der Waals surface area (Å²) in [7, 11) is 1.39. The van der Waals surface area contributed by atoms with E-state index in [9.17, 15) is 14.0 Å². The maximum absolute atomic E-state index is 14.2. The lowest BCUT2D eigenvalue weighted by Gasteiger charge is -2.42. The second-order valence-corrected chi connectivity index (χ2v) is 10.0. The molecular formula is C25H34FN3O4. The number of nitrogens with zero attached hydrogens (tertiary/aromatic N) is 3. The molecule has 3 fully saturated rings. The van der Waals surface area contributed by atoms with Crippen molar-refractivity contribution in [1.82, 2.24) is 9.80 Å². The molecule has 1 aromatic carbocycles. The number of likely N-dealkylation sites (tertiary alicyclic amines) is 2. The predicted octanol–water partition coefficient (Wildman–Crippen LogP) is 4.15. The molecule has 0 aromatic heterocycles. The van der Waals surface area contributed by atoms with Crippen molar-refractivity contribution in [2.75, 3.05) is 44.8 Å². The van der Waals surface area contributed by atoms with Gasteiger partial charge in [-0.3, -0.25) is 4.90 Å². The summed E-state index contributed by atoms with van der Waals surface area (Å²) >= 11 is 0. The number of ether oxygens (including phenoxy) is 2. The van der Waals surface area contributed by atoms with E-state index >= 15 is 0 Å². The Labute approximate surface area is 194 Å². The molecule has 3 unspecified atom stereocenters. The van der Waals surface area contributed by atoms with Crippen LogP contribution < -0.4 is 4.90 Å². The lowest BCUT2D eigenvalue weighted by molar-refractivity contribution is 0.0634. The Morgan fingerprint density at radius 3 is 2.67 bits per heavy atom. The van der Waals surface area contributed by atoms with Gasteiger partial charge < -0.3 is 19.3 Å². The molecular weight excluding hydrogens is 425 g/mol. The number of fused-ring (bicyclic) bond motifs is 3. The summed E-state index contributed by atoms with van der Waals surface area (Å²) in [6.45, 7) is 5.42. The third-order valence-electron chi connectivity index (χ3n) is 8.46. The lowest BCUT2D eigenvalue weighted by Crippen LogP contribution is -2.49. The van der Waals surface area contributed by atoms with Crippen LogP contribution in [0.4, 0.5) is 19.7 Å². The molecule has 2 saturated heterocycles. The van der Waals surface area contributed by atoms with Gasteiger partial charge in [-0.15, -0.1) is 0 Å². The van der Waals surface area contributed by atoms with Gasteiger partial charge in [0.2, 0.25) is 0 Å². The minimum Gasteiger partial charge on any atom is -0.452 e. The Hall–Kier alpha value is -2.35. The van der Waals surface area contributed by atoms with Crippen molar-refractivity contribution in [1.29, 1.82) is 0 Å². The number of carbonyl (C=O) groups is 2. The molecule has 0 bridgehead atoms. The minimum atomic E-state index is -0.388. The van der Waals surface area contributed by atoms with Crippen molar-refractivity contribution in [2.24, 2.45) is 5.92 Å². The fourth-order valence-electron chi connectivity index (χ4n) is 6.85. The fraction of sp³-hybridized carbons (Fsp3) is 0.680. The highest BCUT2D eigenvalue weighted by Gasteiger charge is 2.49. The number of benzene rings is 1. The van der Waals surface area contributed by atoms with E-state index < -0.39 is 0 Å². The van der Waals surface area contributed by atoms with Crippen LogP contribution in [-0.2, 0) is 14.9 Å². The topological polar surface area (TPSA) is 62.3 Å². The highest BCUT2D eigenvalue weighted by Crippen LogP contribution is 2.49. The summed E-state index contributed by atoms with van der Waals surface area (Å²) in [4.78, 5) is 31.0. The first-order valence-electron chi connectivity index (χ1n) is 12.3. The van der Waals surface area contributed by atoms with E-state index in [0.717, 1.165) is 63.0 Å². The van der Waals surface area contributed by atoms with Crippen molar-refractivity contribution >= 4 is 17.9 Å². The zero-order chi connectivity index (χ0) is 23.2. The molecule has 0 radical (unpaired) electrons. The van der Waals surface area contributed by atoms with Gasteiger partial charge in [0, 0.05) is 30.6 Å². The number of halogens is 1. The maximum Gasteiger partial charge on any atom is 0.414 e. The molecule has 1 aromatic rings. The fourth-order valence-corrected chi connectivity index (χ4v) is 6.85. The van der Waals surface area contributed by atoms with Crippen LogP contribution in [0.2, 0.25) is 0 Å². The Bertz CT molecular complexity index is 917. The molecule has 180 valence electrons. The summed E-state index contributed by atoms with van der Waals surface area (Å²) in [5.74, 6) is 0.279. The van der Waals surface area contributed by atoms with Crippen molar-refractivity contribution in [3.63, 3.8) is 0 Å². The summed E-state index contributed by atoms with van der Waals surface area (Å²) in [5, 5.41) is 0. The van der Waals surface area contributed by atoms with Crippen molar-refractivity contribution in [2.45, 2.75) is 62.9 Å². The van der Waals surface area contributed by atoms with Crippen LogP contribution in [0.15, 0.2) is 18.2 Å². The van der Waals surface area contributed by atoms with Crippen LogP contribution in [-0.4, -0.2) is 74.0 Å². The molecule has 2 amide bonds. The van der Waals surface area contributed by atoms with Gasteiger partial charge in [-0.25, -0.2) is 14.0 Å². The minimum absolute atomic E-state index is 0.169. The smallest absolute Gasteiger partial charge is 0.414 e. The molecule has 8 heteroatoms. The first-order chi connectivity index (χ1) is 16.0. The standard InChI is InChI=1S/C25H34FN3O4/c1-3-33-24(31)28-10-4-5-17-13-19(15-22(17)28)27-11-8-25(9-12-27)16-29(23(30)32-2)21-7-6-18(26)14-20(21)25/h6-7,14,17,19,22H,3-5,8-13,15-16H2,1-2H3. The first-order valence-corrected chi connectivity index (χ1v) is 12.3.